The first-order valence-corrected chi connectivity index (χ1v) is 9.79. The summed E-state index contributed by atoms with van der Waals surface area (Å²) in [6, 6.07) is 10.0. The maximum atomic E-state index is 13.6. The zero-order valence-electron chi connectivity index (χ0n) is 14.6. The molecule has 7 heteroatoms. The maximum absolute atomic E-state index is 13.6. The number of benzene rings is 2. The first-order chi connectivity index (χ1) is 13.0. The Kier molecular flexibility index (Phi) is 6.45. The van der Waals surface area contributed by atoms with Crippen LogP contribution in [-0.2, 0) is 4.79 Å². The van der Waals surface area contributed by atoms with E-state index in [1.165, 1.54) is 0 Å². The van der Waals surface area contributed by atoms with Gasteiger partial charge in [0.15, 0.2) is 0 Å². The third-order valence-electron chi connectivity index (χ3n) is 4.39. The van der Waals surface area contributed by atoms with Crippen LogP contribution in [0.3, 0.4) is 0 Å². The summed E-state index contributed by atoms with van der Waals surface area (Å²) < 4.78 is 26.8. The summed E-state index contributed by atoms with van der Waals surface area (Å²) in [6.07, 6.45) is 4.15. The molecule has 1 fully saturated rings. The molecule has 142 valence electrons. The number of carbonyl (C=O) groups is 2. The van der Waals surface area contributed by atoms with Crippen molar-refractivity contribution in [3.8, 4) is 0 Å². The summed E-state index contributed by atoms with van der Waals surface area (Å²) >= 11 is 0.901. The van der Waals surface area contributed by atoms with E-state index in [2.05, 4.69) is 10.6 Å². The Morgan fingerprint density at radius 3 is 2.59 bits per heavy atom. The fourth-order valence-electron chi connectivity index (χ4n) is 3.04. The molecule has 1 aliphatic rings. The summed E-state index contributed by atoms with van der Waals surface area (Å²) in [5, 5.41) is 5.68. The highest BCUT2D eigenvalue weighted by Gasteiger charge is 2.20. The second-order valence-electron chi connectivity index (χ2n) is 6.41. The minimum absolute atomic E-state index is 0.0670. The van der Waals surface area contributed by atoms with Crippen molar-refractivity contribution < 1.29 is 18.4 Å². The largest absolute Gasteiger partial charge is 0.349 e. The van der Waals surface area contributed by atoms with Gasteiger partial charge in [-0.3, -0.25) is 9.59 Å². The molecule has 0 atom stereocenters. The molecule has 0 unspecified atom stereocenters. The Hall–Kier alpha value is -2.41. The number of hydrogen-bond donors (Lipinski definition) is 2. The van der Waals surface area contributed by atoms with Gasteiger partial charge in [-0.25, -0.2) is 8.78 Å². The average molecular weight is 390 g/mol. The SMILES string of the molecule is O=C(CSc1cc(F)ccc1F)Nc1ccccc1C(=O)NC1CCCC1. The Labute approximate surface area is 160 Å². The lowest BCUT2D eigenvalue weighted by Gasteiger charge is -2.15. The van der Waals surface area contributed by atoms with Gasteiger partial charge in [-0.05, 0) is 43.2 Å². The lowest BCUT2D eigenvalue weighted by Crippen LogP contribution is -2.33. The van der Waals surface area contributed by atoms with E-state index in [1.807, 2.05) is 0 Å². The van der Waals surface area contributed by atoms with E-state index in [0.29, 0.717) is 11.3 Å². The van der Waals surface area contributed by atoms with E-state index in [0.717, 1.165) is 55.6 Å². The molecule has 1 saturated carbocycles. The molecular formula is C20H20F2N2O2S. The number of para-hydroxylation sites is 1. The second kappa shape index (κ2) is 8.99. The maximum Gasteiger partial charge on any atom is 0.253 e. The molecule has 2 amide bonds. The Morgan fingerprint density at radius 2 is 1.81 bits per heavy atom. The van der Waals surface area contributed by atoms with Crippen molar-refractivity contribution in [2.75, 3.05) is 11.1 Å². The molecule has 2 N–H and O–H groups in total. The minimum Gasteiger partial charge on any atom is -0.349 e. The van der Waals surface area contributed by atoms with Gasteiger partial charge < -0.3 is 10.6 Å². The van der Waals surface area contributed by atoms with E-state index in [9.17, 15) is 18.4 Å². The Morgan fingerprint density at radius 1 is 1.07 bits per heavy atom. The quantitative estimate of drug-likeness (QED) is 0.720. The molecule has 0 saturated heterocycles. The number of amides is 2. The van der Waals surface area contributed by atoms with Crippen LogP contribution in [-0.4, -0.2) is 23.6 Å². The molecule has 0 aliphatic heterocycles. The van der Waals surface area contributed by atoms with Gasteiger partial charge in [0.2, 0.25) is 5.91 Å². The molecule has 0 aromatic heterocycles. The van der Waals surface area contributed by atoms with Crippen molar-refractivity contribution in [3.63, 3.8) is 0 Å². The van der Waals surface area contributed by atoms with Gasteiger partial charge in [-0.15, -0.1) is 11.8 Å². The number of rotatable bonds is 6. The van der Waals surface area contributed by atoms with Gasteiger partial charge >= 0.3 is 0 Å². The van der Waals surface area contributed by atoms with Crippen LogP contribution in [0.2, 0.25) is 0 Å². The van der Waals surface area contributed by atoms with E-state index in [-0.39, 0.29) is 22.6 Å². The third-order valence-corrected chi connectivity index (χ3v) is 5.42. The number of halogens is 2. The minimum atomic E-state index is -0.578. The molecule has 0 spiro atoms. The van der Waals surface area contributed by atoms with Crippen molar-refractivity contribution in [2.45, 2.75) is 36.6 Å². The Bertz CT molecular complexity index is 838. The highest BCUT2D eigenvalue weighted by molar-refractivity contribution is 8.00. The first kappa shape index (κ1) is 19.4. The van der Waals surface area contributed by atoms with Crippen LogP contribution in [0.25, 0.3) is 0 Å². The molecular weight excluding hydrogens is 370 g/mol. The van der Waals surface area contributed by atoms with E-state index in [1.54, 1.807) is 24.3 Å². The standard InChI is InChI=1S/C20H20F2N2O2S/c21-13-9-10-16(22)18(11-13)27-12-19(25)24-17-8-4-3-7-15(17)20(26)23-14-5-1-2-6-14/h3-4,7-11,14H,1-2,5-6,12H2,(H,23,26)(H,24,25). The summed E-state index contributed by atoms with van der Waals surface area (Å²) in [7, 11) is 0. The van der Waals surface area contributed by atoms with Gasteiger partial charge in [0, 0.05) is 10.9 Å². The van der Waals surface area contributed by atoms with Crippen LogP contribution in [0.5, 0.6) is 0 Å². The summed E-state index contributed by atoms with van der Waals surface area (Å²) in [4.78, 5) is 24.8. The van der Waals surface area contributed by atoms with Crippen LogP contribution in [0.1, 0.15) is 36.0 Å². The molecule has 1 aliphatic carbocycles. The monoisotopic (exact) mass is 390 g/mol. The van der Waals surface area contributed by atoms with Crippen molar-refractivity contribution >= 4 is 29.3 Å². The van der Waals surface area contributed by atoms with Crippen molar-refractivity contribution in [1.82, 2.24) is 5.32 Å². The zero-order chi connectivity index (χ0) is 19.2. The third kappa shape index (κ3) is 5.29. The van der Waals surface area contributed by atoms with Crippen molar-refractivity contribution in [2.24, 2.45) is 0 Å². The number of thioether (sulfide) groups is 1. The smallest absolute Gasteiger partial charge is 0.253 e. The van der Waals surface area contributed by atoms with Crippen LogP contribution in [0, 0.1) is 11.6 Å². The molecule has 4 nitrogen and oxygen atoms in total. The van der Waals surface area contributed by atoms with Crippen molar-refractivity contribution in [1.29, 1.82) is 0 Å². The molecule has 2 aromatic carbocycles. The highest BCUT2D eigenvalue weighted by atomic mass is 32.2. The van der Waals surface area contributed by atoms with Crippen LogP contribution in [0.4, 0.5) is 14.5 Å². The first-order valence-electron chi connectivity index (χ1n) is 8.80. The van der Waals surface area contributed by atoms with Gasteiger partial charge in [0.05, 0.1) is 17.0 Å². The average Bonchev–Trinajstić information content (AvgIpc) is 3.16. The molecule has 27 heavy (non-hydrogen) atoms. The lowest BCUT2D eigenvalue weighted by atomic mass is 10.1. The summed E-state index contributed by atoms with van der Waals surface area (Å²) in [5.74, 6) is -1.86. The number of nitrogens with one attached hydrogen (secondary N) is 2. The summed E-state index contributed by atoms with van der Waals surface area (Å²) in [5.41, 5.74) is 0.790. The van der Waals surface area contributed by atoms with Crippen LogP contribution >= 0.6 is 11.8 Å². The van der Waals surface area contributed by atoms with E-state index in [4.69, 9.17) is 0 Å². The van der Waals surface area contributed by atoms with Crippen LogP contribution < -0.4 is 10.6 Å². The van der Waals surface area contributed by atoms with Crippen molar-refractivity contribution in [3.05, 3.63) is 59.7 Å². The summed E-state index contributed by atoms with van der Waals surface area (Å²) in [6.45, 7) is 0. The molecule has 0 bridgehead atoms. The number of anilines is 1. The molecule has 2 aromatic rings. The fraction of sp³-hybridized carbons (Fsp3) is 0.300. The lowest BCUT2D eigenvalue weighted by molar-refractivity contribution is -0.113. The van der Waals surface area contributed by atoms with E-state index >= 15 is 0 Å². The van der Waals surface area contributed by atoms with Gasteiger partial charge in [-0.1, -0.05) is 25.0 Å². The normalized spacial score (nSPS) is 14.1. The van der Waals surface area contributed by atoms with Gasteiger partial charge in [-0.2, -0.15) is 0 Å². The van der Waals surface area contributed by atoms with Crippen LogP contribution in [0.15, 0.2) is 47.4 Å². The van der Waals surface area contributed by atoms with Gasteiger partial charge in [0.25, 0.3) is 5.91 Å². The predicted molar refractivity (Wildman–Crippen MR) is 102 cm³/mol. The predicted octanol–water partition coefficient (Wildman–Crippen LogP) is 4.37. The molecule has 3 rings (SSSR count). The molecule has 0 radical (unpaired) electrons. The second-order valence-corrected chi connectivity index (χ2v) is 7.43. The zero-order valence-corrected chi connectivity index (χ0v) is 15.5. The van der Waals surface area contributed by atoms with E-state index < -0.39 is 17.5 Å². The Balaban J connectivity index is 1.62. The highest BCUT2D eigenvalue weighted by Crippen LogP contribution is 2.24. The van der Waals surface area contributed by atoms with Gasteiger partial charge in [0.1, 0.15) is 11.6 Å². The topological polar surface area (TPSA) is 58.2 Å². The number of hydrogen-bond acceptors (Lipinski definition) is 3. The number of carbonyl (C=O) groups excluding carboxylic acids is 2. The molecule has 0 heterocycles. The fourth-order valence-corrected chi connectivity index (χ4v) is 3.80.